The van der Waals surface area contributed by atoms with E-state index < -0.39 is 0 Å². The Morgan fingerprint density at radius 2 is 1.28 bits per heavy atom. The number of carbonyl (C=O) groups is 2. The smallest absolute Gasteiger partial charge is 0.197 e. The van der Waals surface area contributed by atoms with E-state index in [9.17, 15) is 9.59 Å². The van der Waals surface area contributed by atoms with E-state index in [-0.39, 0.29) is 17.1 Å². The first-order valence-electron chi connectivity index (χ1n) is 12.5. The van der Waals surface area contributed by atoms with Crippen molar-refractivity contribution in [1.82, 2.24) is 19.1 Å². The molecule has 2 heterocycles. The van der Waals surface area contributed by atoms with Crippen molar-refractivity contribution >= 4 is 39.7 Å². The molecule has 39 heavy (non-hydrogen) atoms. The Morgan fingerprint density at radius 1 is 0.692 bits per heavy atom. The van der Waals surface area contributed by atoms with Gasteiger partial charge in [-0.1, -0.05) is 66.6 Å². The predicted octanol–water partition coefficient (Wildman–Crippen LogP) is 5.77. The number of fused-ring (bicyclic) bond motifs is 3. The van der Waals surface area contributed by atoms with Crippen LogP contribution in [0.3, 0.4) is 0 Å². The fourth-order valence-electron chi connectivity index (χ4n) is 4.98. The van der Waals surface area contributed by atoms with E-state index in [2.05, 4.69) is 11.8 Å². The summed E-state index contributed by atoms with van der Waals surface area (Å²) in [6.45, 7) is 0. The number of Topliss-reactive ketones (excluding diaryl/α,β-unsaturated/α-hetero) is 2. The van der Waals surface area contributed by atoms with Crippen molar-refractivity contribution in [2.24, 2.45) is 7.05 Å². The molecule has 0 spiro atoms. The second kappa shape index (κ2) is 8.79. The number of para-hydroxylation sites is 1. The third kappa shape index (κ3) is 3.68. The third-order valence-corrected chi connectivity index (χ3v) is 6.95. The van der Waals surface area contributed by atoms with Crippen LogP contribution in [0.2, 0.25) is 0 Å². The molecule has 0 fully saturated rings. The van der Waals surface area contributed by atoms with Crippen LogP contribution in [0, 0.1) is 11.8 Å². The van der Waals surface area contributed by atoms with E-state index in [0.29, 0.717) is 34.1 Å². The van der Waals surface area contributed by atoms with E-state index in [1.807, 2.05) is 101 Å². The predicted molar refractivity (Wildman–Crippen MR) is 151 cm³/mol. The zero-order valence-corrected chi connectivity index (χ0v) is 20.9. The number of rotatable bonds is 2. The van der Waals surface area contributed by atoms with Gasteiger partial charge >= 0.3 is 0 Å². The first-order chi connectivity index (χ1) is 19.1. The topological polar surface area (TPSA) is 69.8 Å². The molecule has 6 aromatic rings. The van der Waals surface area contributed by atoms with Gasteiger partial charge in [-0.15, -0.1) is 0 Å². The summed E-state index contributed by atoms with van der Waals surface area (Å²) in [4.78, 5) is 36.5. The van der Waals surface area contributed by atoms with Crippen molar-refractivity contribution in [2.75, 3.05) is 0 Å². The average Bonchev–Trinajstić information content (AvgIpc) is 3.56. The lowest BCUT2D eigenvalue weighted by atomic mass is 10.0. The van der Waals surface area contributed by atoms with Gasteiger partial charge in [0.1, 0.15) is 5.82 Å². The molecule has 0 unspecified atom stereocenters. The molecular weight excluding hydrogens is 484 g/mol. The van der Waals surface area contributed by atoms with Crippen LogP contribution in [0.5, 0.6) is 0 Å². The van der Waals surface area contributed by atoms with Gasteiger partial charge in [0.15, 0.2) is 28.7 Å². The summed E-state index contributed by atoms with van der Waals surface area (Å²) in [6.07, 6.45) is 1.58. The maximum absolute atomic E-state index is 13.4. The SMILES string of the molecule is Cn1c(C#Cc2ccccc2)nc2c1nc(C=C1C(=O)c3cc4ccccc4cc3C1=O)n2-c1ccccc1. The zero-order valence-electron chi connectivity index (χ0n) is 20.9. The highest BCUT2D eigenvalue weighted by Crippen LogP contribution is 2.32. The summed E-state index contributed by atoms with van der Waals surface area (Å²) < 4.78 is 3.68. The number of hydrogen-bond donors (Lipinski definition) is 0. The van der Waals surface area contributed by atoms with Crippen molar-refractivity contribution in [3.05, 3.63) is 131 Å². The molecule has 7 rings (SSSR count). The third-order valence-electron chi connectivity index (χ3n) is 6.95. The van der Waals surface area contributed by atoms with Crippen LogP contribution in [0.4, 0.5) is 0 Å². The molecule has 0 atom stereocenters. The number of imidazole rings is 2. The molecule has 1 aliphatic carbocycles. The first kappa shape index (κ1) is 22.6. The van der Waals surface area contributed by atoms with Gasteiger partial charge in [-0.25, -0.2) is 9.97 Å². The highest BCUT2D eigenvalue weighted by atomic mass is 16.2. The molecule has 6 nitrogen and oxygen atoms in total. The van der Waals surface area contributed by atoms with Crippen LogP contribution in [0.15, 0.2) is 103 Å². The van der Waals surface area contributed by atoms with Gasteiger partial charge in [-0.3, -0.25) is 14.2 Å². The first-order valence-corrected chi connectivity index (χ1v) is 12.5. The summed E-state index contributed by atoms with van der Waals surface area (Å²) in [5, 5.41) is 1.84. The number of allylic oxidation sites excluding steroid dienone is 1. The van der Waals surface area contributed by atoms with Crippen molar-refractivity contribution in [3.8, 4) is 17.5 Å². The highest BCUT2D eigenvalue weighted by Gasteiger charge is 2.34. The second-order valence-corrected chi connectivity index (χ2v) is 9.36. The molecule has 6 heteroatoms. The minimum atomic E-state index is -0.296. The lowest BCUT2D eigenvalue weighted by molar-refractivity contribution is 0.0990. The van der Waals surface area contributed by atoms with E-state index in [4.69, 9.17) is 9.97 Å². The van der Waals surface area contributed by atoms with Gasteiger partial charge in [-0.2, -0.15) is 0 Å². The summed E-state index contributed by atoms with van der Waals surface area (Å²) in [7, 11) is 1.86. The van der Waals surface area contributed by atoms with Crippen LogP contribution in [0.1, 0.15) is 37.9 Å². The molecule has 0 radical (unpaired) electrons. The quantitative estimate of drug-likeness (QED) is 0.170. The van der Waals surface area contributed by atoms with Crippen molar-refractivity contribution in [3.63, 3.8) is 0 Å². The van der Waals surface area contributed by atoms with Gasteiger partial charge in [0.2, 0.25) is 0 Å². The van der Waals surface area contributed by atoms with Gasteiger partial charge in [0.05, 0.1) is 5.57 Å². The van der Waals surface area contributed by atoms with Gasteiger partial charge in [0, 0.05) is 29.4 Å². The van der Waals surface area contributed by atoms with Crippen LogP contribution in [-0.2, 0) is 7.05 Å². The molecule has 0 saturated carbocycles. The van der Waals surface area contributed by atoms with Gasteiger partial charge < -0.3 is 4.57 Å². The Labute approximate surface area is 223 Å². The number of aromatic nitrogens is 4. The zero-order chi connectivity index (χ0) is 26.5. The molecule has 0 amide bonds. The van der Waals surface area contributed by atoms with Crippen LogP contribution >= 0.6 is 0 Å². The second-order valence-electron chi connectivity index (χ2n) is 9.36. The Kier molecular flexibility index (Phi) is 5.10. The van der Waals surface area contributed by atoms with Gasteiger partial charge in [-0.05, 0) is 59.2 Å². The van der Waals surface area contributed by atoms with Crippen molar-refractivity contribution in [1.29, 1.82) is 0 Å². The van der Waals surface area contributed by atoms with E-state index >= 15 is 0 Å². The summed E-state index contributed by atoms with van der Waals surface area (Å²) in [6, 6.07) is 30.7. The molecule has 184 valence electrons. The summed E-state index contributed by atoms with van der Waals surface area (Å²) in [5.41, 5.74) is 3.83. The molecule has 0 bridgehead atoms. The molecule has 0 aliphatic heterocycles. The molecule has 0 saturated heterocycles. The standard InChI is InChI=1S/C33H20N4O2/c1-36-28(17-16-21-10-4-2-5-11-21)34-33-32(36)35-29(37(33)24-14-6-3-7-15-24)20-27-30(38)25-18-22-12-8-9-13-23(22)19-26(25)31(27)39/h2-15,18-20H,1H3. The number of nitrogens with zero attached hydrogens (tertiary/aromatic N) is 4. The minimum absolute atomic E-state index is 0.0943. The molecule has 4 aromatic carbocycles. The Bertz CT molecular complexity index is 2000. The Balaban J connectivity index is 1.38. The lowest BCUT2D eigenvalue weighted by Crippen LogP contribution is -2.04. The highest BCUT2D eigenvalue weighted by molar-refractivity contribution is 6.42. The number of aryl methyl sites for hydroxylation is 1. The Morgan fingerprint density at radius 3 is 1.92 bits per heavy atom. The number of hydrogen-bond acceptors (Lipinski definition) is 4. The summed E-state index contributed by atoms with van der Waals surface area (Å²) in [5.74, 6) is 6.71. The fraction of sp³-hybridized carbons (Fsp3) is 0.0303. The lowest BCUT2D eigenvalue weighted by Gasteiger charge is -2.05. The molecule has 0 N–H and O–H groups in total. The van der Waals surface area contributed by atoms with Crippen LogP contribution in [-0.4, -0.2) is 30.7 Å². The number of benzene rings is 4. The van der Waals surface area contributed by atoms with Crippen molar-refractivity contribution < 1.29 is 9.59 Å². The van der Waals surface area contributed by atoms with Gasteiger partial charge in [0.25, 0.3) is 0 Å². The number of ketones is 2. The average molecular weight is 505 g/mol. The summed E-state index contributed by atoms with van der Waals surface area (Å²) >= 11 is 0. The maximum atomic E-state index is 13.4. The van der Waals surface area contributed by atoms with E-state index in [1.165, 1.54) is 0 Å². The van der Waals surface area contributed by atoms with E-state index in [1.54, 1.807) is 18.2 Å². The van der Waals surface area contributed by atoms with Crippen LogP contribution < -0.4 is 0 Å². The van der Waals surface area contributed by atoms with Crippen LogP contribution in [0.25, 0.3) is 33.8 Å². The molecule has 1 aliphatic rings. The molecular formula is C33H20N4O2. The maximum Gasteiger partial charge on any atom is 0.197 e. The normalized spacial score (nSPS) is 12.6. The number of carbonyl (C=O) groups excluding carboxylic acids is 2. The van der Waals surface area contributed by atoms with Crippen molar-refractivity contribution in [2.45, 2.75) is 0 Å². The van der Waals surface area contributed by atoms with E-state index in [0.717, 1.165) is 22.0 Å². The minimum Gasteiger partial charge on any atom is -0.304 e. The Hall–Kier alpha value is -5.54. The largest absolute Gasteiger partial charge is 0.304 e. The fourth-order valence-corrected chi connectivity index (χ4v) is 4.98. The monoisotopic (exact) mass is 504 g/mol. The molecule has 2 aromatic heterocycles.